The molecule has 1 unspecified atom stereocenters. The standard InChI is InChI=1S/C23H32N2O4S/c1-17-7-9-19(10-8-17)16-29-20-12-11-18(15-21(20)28-4)13-14-24-22(26)23(2,3)25-30(5,6)27/h7-12,15H,5,13-14,16H2,1-4,6H3,(H,24,26)(H,25,27). The minimum Gasteiger partial charge on any atom is -0.493 e. The van der Waals surface area contributed by atoms with Crippen LogP contribution in [0.1, 0.15) is 30.5 Å². The number of nitrogens with one attached hydrogen (secondary N) is 2. The highest BCUT2D eigenvalue weighted by molar-refractivity contribution is 7.97. The number of methoxy groups -OCH3 is 1. The third kappa shape index (κ3) is 7.39. The number of hydrogen-bond donors (Lipinski definition) is 2. The number of hydrogen-bond acceptors (Lipinski definition) is 4. The van der Waals surface area contributed by atoms with Crippen LogP contribution in [-0.4, -0.2) is 41.4 Å². The van der Waals surface area contributed by atoms with Crippen LogP contribution in [0.4, 0.5) is 0 Å². The molecule has 0 heterocycles. The fraction of sp³-hybridized carbons (Fsp3) is 0.391. The van der Waals surface area contributed by atoms with E-state index in [4.69, 9.17) is 9.47 Å². The molecule has 2 aromatic rings. The second kappa shape index (κ2) is 10.00. The van der Waals surface area contributed by atoms with E-state index in [1.807, 2.05) is 30.3 Å². The van der Waals surface area contributed by atoms with Crippen molar-refractivity contribution in [3.8, 4) is 11.5 Å². The first-order valence-electron chi connectivity index (χ1n) is 9.75. The van der Waals surface area contributed by atoms with Crippen LogP contribution in [0.5, 0.6) is 11.5 Å². The molecular formula is C23H32N2O4S. The van der Waals surface area contributed by atoms with Crippen LogP contribution in [0.3, 0.4) is 0 Å². The van der Waals surface area contributed by atoms with Gasteiger partial charge in [-0.15, -0.1) is 0 Å². The van der Waals surface area contributed by atoms with E-state index in [0.717, 1.165) is 11.1 Å². The summed E-state index contributed by atoms with van der Waals surface area (Å²) in [5.74, 6) is 4.63. The molecule has 0 aliphatic rings. The van der Waals surface area contributed by atoms with E-state index in [0.29, 0.717) is 31.1 Å². The Balaban J connectivity index is 1.92. The molecular weight excluding hydrogens is 400 g/mol. The molecule has 0 aliphatic heterocycles. The second-order valence-electron chi connectivity index (χ2n) is 8.00. The maximum atomic E-state index is 12.4. The fourth-order valence-corrected chi connectivity index (χ4v) is 4.13. The van der Waals surface area contributed by atoms with Gasteiger partial charge in [0.05, 0.1) is 7.11 Å². The highest BCUT2D eigenvalue weighted by Crippen LogP contribution is 2.29. The number of carbonyl (C=O) groups is 1. The number of amides is 1. The smallest absolute Gasteiger partial charge is 0.240 e. The molecule has 2 rings (SSSR count). The van der Waals surface area contributed by atoms with Crippen molar-refractivity contribution in [2.75, 3.05) is 19.9 Å². The molecule has 0 saturated heterocycles. The average molecular weight is 433 g/mol. The molecule has 0 saturated carbocycles. The molecule has 0 fully saturated rings. The number of rotatable bonds is 10. The van der Waals surface area contributed by atoms with E-state index in [-0.39, 0.29) is 5.91 Å². The zero-order chi connectivity index (χ0) is 22.4. The molecule has 30 heavy (non-hydrogen) atoms. The quantitative estimate of drug-likeness (QED) is 0.566. The highest BCUT2D eigenvalue weighted by atomic mass is 32.2. The Hall–Kier alpha value is -2.51. The molecule has 0 bridgehead atoms. The number of benzene rings is 2. The lowest BCUT2D eigenvalue weighted by Gasteiger charge is -2.25. The molecule has 2 N–H and O–H groups in total. The van der Waals surface area contributed by atoms with Gasteiger partial charge in [0.25, 0.3) is 0 Å². The lowest BCUT2D eigenvalue weighted by Crippen LogP contribution is -2.54. The van der Waals surface area contributed by atoms with E-state index in [1.165, 1.54) is 11.8 Å². The second-order valence-corrected chi connectivity index (χ2v) is 10.2. The van der Waals surface area contributed by atoms with Crippen LogP contribution < -0.4 is 19.5 Å². The van der Waals surface area contributed by atoms with Crippen molar-refractivity contribution < 1.29 is 18.5 Å². The summed E-state index contributed by atoms with van der Waals surface area (Å²) in [6.45, 7) is 6.31. The summed E-state index contributed by atoms with van der Waals surface area (Å²) < 4.78 is 26.0. The summed E-state index contributed by atoms with van der Waals surface area (Å²) in [4.78, 5) is 12.4. The Morgan fingerprint density at radius 3 is 2.33 bits per heavy atom. The average Bonchev–Trinajstić information content (AvgIpc) is 2.66. The Morgan fingerprint density at radius 2 is 1.73 bits per heavy atom. The van der Waals surface area contributed by atoms with Crippen molar-refractivity contribution in [2.24, 2.45) is 0 Å². The Bertz CT molecular complexity index is 967. The van der Waals surface area contributed by atoms with Gasteiger partial charge in [0.1, 0.15) is 12.1 Å². The van der Waals surface area contributed by atoms with Crippen LogP contribution >= 0.6 is 0 Å². The van der Waals surface area contributed by atoms with Gasteiger partial charge in [0.2, 0.25) is 5.91 Å². The van der Waals surface area contributed by atoms with Crippen molar-refractivity contribution in [3.05, 3.63) is 59.2 Å². The van der Waals surface area contributed by atoms with Crippen LogP contribution in [0.15, 0.2) is 42.5 Å². The lowest BCUT2D eigenvalue weighted by molar-refractivity contribution is -0.125. The van der Waals surface area contributed by atoms with E-state index in [1.54, 1.807) is 21.0 Å². The summed E-state index contributed by atoms with van der Waals surface area (Å²) in [6, 6.07) is 13.9. The summed E-state index contributed by atoms with van der Waals surface area (Å²) in [5, 5.41) is 2.87. The topological polar surface area (TPSA) is 76.7 Å². The predicted molar refractivity (Wildman–Crippen MR) is 124 cm³/mol. The zero-order valence-electron chi connectivity index (χ0n) is 18.4. The van der Waals surface area contributed by atoms with Crippen LogP contribution in [0, 0.1) is 6.92 Å². The van der Waals surface area contributed by atoms with Gasteiger partial charge < -0.3 is 14.8 Å². The molecule has 0 aromatic heterocycles. The lowest BCUT2D eigenvalue weighted by atomic mass is 10.1. The molecule has 0 spiro atoms. The van der Waals surface area contributed by atoms with E-state index in [9.17, 15) is 9.00 Å². The van der Waals surface area contributed by atoms with Crippen LogP contribution in [-0.2, 0) is 27.5 Å². The molecule has 6 nitrogen and oxygen atoms in total. The SMILES string of the molecule is C=S(C)(=O)NC(C)(C)C(=O)NCCc1ccc(OCc2ccc(C)cc2)c(OC)c1. The van der Waals surface area contributed by atoms with Crippen molar-refractivity contribution in [1.29, 1.82) is 0 Å². The summed E-state index contributed by atoms with van der Waals surface area (Å²) in [6.07, 6.45) is 2.10. The first-order chi connectivity index (χ1) is 14.0. The predicted octanol–water partition coefficient (Wildman–Crippen LogP) is 2.87. The minimum absolute atomic E-state index is 0.231. The Morgan fingerprint density at radius 1 is 1.10 bits per heavy atom. The number of carbonyl (C=O) groups excluding carboxylic acids is 1. The fourth-order valence-electron chi connectivity index (χ4n) is 2.96. The third-order valence-electron chi connectivity index (χ3n) is 4.48. The highest BCUT2D eigenvalue weighted by Gasteiger charge is 2.28. The Labute approximate surface area is 180 Å². The molecule has 0 radical (unpaired) electrons. The van der Waals surface area contributed by atoms with E-state index < -0.39 is 15.2 Å². The third-order valence-corrected chi connectivity index (χ3v) is 5.42. The largest absolute Gasteiger partial charge is 0.493 e. The molecule has 164 valence electrons. The van der Waals surface area contributed by atoms with Gasteiger partial charge in [-0.1, -0.05) is 35.9 Å². The monoisotopic (exact) mass is 432 g/mol. The van der Waals surface area contributed by atoms with Gasteiger partial charge in [-0.05, 0) is 56.3 Å². The number of aryl methyl sites for hydroxylation is 1. The van der Waals surface area contributed by atoms with Gasteiger partial charge >= 0.3 is 0 Å². The Kier molecular flexibility index (Phi) is 7.92. The van der Waals surface area contributed by atoms with E-state index >= 15 is 0 Å². The molecule has 1 amide bonds. The maximum absolute atomic E-state index is 12.4. The zero-order valence-corrected chi connectivity index (χ0v) is 19.2. The van der Waals surface area contributed by atoms with Crippen molar-refractivity contribution >= 4 is 21.5 Å². The van der Waals surface area contributed by atoms with Gasteiger partial charge in [0, 0.05) is 22.5 Å². The number of ether oxygens (including phenoxy) is 2. The van der Waals surface area contributed by atoms with Gasteiger partial charge in [0.15, 0.2) is 11.5 Å². The van der Waals surface area contributed by atoms with Gasteiger partial charge in [-0.2, -0.15) is 0 Å². The van der Waals surface area contributed by atoms with Crippen LogP contribution in [0.2, 0.25) is 0 Å². The minimum atomic E-state index is -2.49. The van der Waals surface area contributed by atoms with Crippen molar-refractivity contribution in [3.63, 3.8) is 0 Å². The van der Waals surface area contributed by atoms with Gasteiger partial charge in [-0.25, -0.2) is 4.72 Å². The molecule has 0 aliphatic carbocycles. The molecule has 2 aromatic carbocycles. The molecule has 7 heteroatoms. The van der Waals surface area contributed by atoms with Crippen LogP contribution in [0.25, 0.3) is 0 Å². The van der Waals surface area contributed by atoms with Gasteiger partial charge in [-0.3, -0.25) is 9.00 Å². The molecule has 1 atom stereocenters. The van der Waals surface area contributed by atoms with E-state index in [2.05, 4.69) is 35.0 Å². The maximum Gasteiger partial charge on any atom is 0.240 e. The van der Waals surface area contributed by atoms with Crippen molar-refractivity contribution in [1.82, 2.24) is 10.0 Å². The normalized spacial score (nSPS) is 13.4. The van der Waals surface area contributed by atoms with Crippen molar-refractivity contribution in [2.45, 2.75) is 39.3 Å². The first-order valence-corrected chi connectivity index (χ1v) is 11.9. The summed E-state index contributed by atoms with van der Waals surface area (Å²) in [7, 11) is -0.881. The summed E-state index contributed by atoms with van der Waals surface area (Å²) >= 11 is 0. The summed E-state index contributed by atoms with van der Waals surface area (Å²) in [5.41, 5.74) is 2.33. The first kappa shape index (κ1) is 23.8.